The molecule has 0 unspecified atom stereocenters. The van der Waals surface area contributed by atoms with Gasteiger partial charge in [0.2, 0.25) is 5.89 Å². The Morgan fingerprint density at radius 1 is 1.25 bits per heavy atom. The van der Waals surface area contributed by atoms with Crippen LogP contribution in [0.1, 0.15) is 28.8 Å². The maximum absolute atomic E-state index is 6.23. The van der Waals surface area contributed by atoms with Gasteiger partial charge in [0.25, 0.3) is 0 Å². The Labute approximate surface area is 121 Å². The number of hydrogen-bond donors (Lipinski definition) is 1. The Hall–Kier alpha value is -1.81. The van der Waals surface area contributed by atoms with Gasteiger partial charge in [-0.2, -0.15) is 0 Å². The molecule has 102 valence electrons. The summed E-state index contributed by atoms with van der Waals surface area (Å²) in [6.45, 7) is 2.06. The van der Waals surface area contributed by atoms with E-state index in [9.17, 15) is 0 Å². The Kier molecular flexibility index (Phi) is 2.60. The number of para-hydroxylation sites is 1. The molecule has 1 aromatic carbocycles. The van der Waals surface area contributed by atoms with E-state index in [1.165, 1.54) is 23.3 Å². The summed E-state index contributed by atoms with van der Waals surface area (Å²) in [5.41, 5.74) is 11.6. The highest BCUT2D eigenvalue weighted by Crippen LogP contribution is 2.42. The Balaban J connectivity index is 1.95. The van der Waals surface area contributed by atoms with Crippen molar-refractivity contribution in [3.05, 3.63) is 34.2 Å². The molecule has 4 rings (SSSR count). The zero-order valence-electron chi connectivity index (χ0n) is 11.4. The van der Waals surface area contributed by atoms with Gasteiger partial charge >= 0.3 is 0 Å². The second-order valence-corrected chi connectivity index (χ2v) is 6.53. The normalized spacial score (nSPS) is 14.7. The van der Waals surface area contributed by atoms with Crippen LogP contribution in [0.25, 0.3) is 22.6 Å². The van der Waals surface area contributed by atoms with Crippen LogP contribution >= 0.6 is 11.3 Å². The summed E-state index contributed by atoms with van der Waals surface area (Å²) in [4.78, 5) is 6.10. The number of oxazole rings is 1. The second kappa shape index (κ2) is 4.35. The van der Waals surface area contributed by atoms with Crippen LogP contribution in [0.5, 0.6) is 0 Å². The van der Waals surface area contributed by atoms with Crippen molar-refractivity contribution < 1.29 is 4.42 Å². The maximum Gasteiger partial charge on any atom is 0.230 e. The number of nitrogen functional groups attached to an aromatic ring is 1. The van der Waals surface area contributed by atoms with Crippen molar-refractivity contribution >= 4 is 27.4 Å². The van der Waals surface area contributed by atoms with E-state index in [1.54, 1.807) is 11.3 Å². The first-order valence-corrected chi connectivity index (χ1v) is 7.82. The van der Waals surface area contributed by atoms with Gasteiger partial charge in [0.15, 0.2) is 5.58 Å². The van der Waals surface area contributed by atoms with Crippen LogP contribution in [0.4, 0.5) is 5.00 Å². The second-order valence-electron chi connectivity index (χ2n) is 5.39. The number of fused-ring (bicyclic) bond motifs is 2. The molecule has 1 aliphatic carbocycles. The number of nitrogens with two attached hydrogens (primary N) is 1. The molecule has 0 amide bonds. The van der Waals surface area contributed by atoms with Crippen LogP contribution in [-0.2, 0) is 12.8 Å². The van der Waals surface area contributed by atoms with Crippen molar-refractivity contribution in [3.8, 4) is 11.5 Å². The molecule has 0 atom stereocenters. The third-order valence-corrected chi connectivity index (χ3v) is 5.15. The lowest BCUT2D eigenvalue weighted by atomic mass is 9.95. The van der Waals surface area contributed by atoms with E-state index in [0.29, 0.717) is 5.89 Å². The van der Waals surface area contributed by atoms with Crippen molar-refractivity contribution in [1.29, 1.82) is 0 Å². The van der Waals surface area contributed by atoms with Gasteiger partial charge in [-0.1, -0.05) is 12.1 Å². The topological polar surface area (TPSA) is 52.0 Å². The molecular formula is C16H16N2OS. The fraction of sp³-hybridized carbons (Fsp3) is 0.312. The first-order valence-electron chi connectivity index (χ1n) is 7.00. The predicted octanol–water partition coefficient (Wildman–Crippen LogP) is 4.33. The average molecular weight is 284 g/mol. The Morgan fingerprint density at radius 3 is 2.95 bits per heavy atom. The SMILES string of the molecule is Cc1cccc2oc(-c3c(N)sc4c3CCCC4)nc12. The minimum absolute atomic E-state index is 0.686. The first kappa shape index (κ1) is 12.0. The Morgan fingerprint density at radius 2 is 2.10 bits per heavy atom. The zero-order valence-corrected chi connectivity index (χ0v) is 12.2. The van der Waals surface area contributed by atoms with E-state index in [2.05, 4.69) is 18.0 Å². The summed E-state index contributed by atoms with van der Waals surface area (Å²) in [7, 11) is 0. The number of aromatic nitrogens is 1. The van der Waals surface area contributed by atoms with Crippen LogP contribution < -0.4 is 5.73 Å². The van der Waals surface area contributed by atoms with Gasteiger partial charge in [-0.15, -0.1) is 11.3 Å². The highest BCUT2D eigenvalue weighted by atomic mass is 32.1. The molecule has 1 aliphatic rings. The van der Waals surface area contributed by atoms with Crippen LogP contribution in [0.3, 0.4) is 0 Å². The average Bonchev–Trinajstić information content (AvgIpc) is 2.99. The van der Waals surface area contributed by atoms with Gasteiger partial charge in [0.1, 0.15) is 5.52 Å². The summed E-state index contributed by atoms with van der Waals surface area (Å²) < 4.78 is 5.96. The minimum Gasteiger partial charge on any atom is -0.436 e. The fourth-order valence-electron chi connectivity index (χ4n) is 3.01. The van der Waals surface area contributed by atoms with Gasteiger partial charge in [-0.25, -0.2) is 4.98 Å². The summed E-state index contributed by atoms with van der Waals surface area (Å²) in [5, 5.41) is 0.848. The standard InChI is InChI=1S/C16H16N2OS/c1-9-5-4-7-11-14(9)18-16(19-11)13-10-6-2-3-8-12(10)20-15(13)17/h4-5,7H,2-3,6,8,17H2,1H3. The molecule has 3 aromatic rings. The minimum atomic E-state index is 0.686. The lowest BCUT2D eigenvalue weighted by Gasteiger charge is -2.10. The van der Waals surface area contributed by atoms with E-state index in [1.807, 2.05) is 12.1 Å². The maximum atomic E-state index is 6.23. The summed E-state index contributed by atoms with van der Waals surface area (Å²) in [6.07, 6.45) is 4.73. The van der Waals surface area contributed by atoms with Crippen LogP contribution in [0.15, 0.2) is 22.6 Å². The van der Waals surface area contributed by atoms with Crippen LogP contribution in [0.2, 0.25) is 0 Å². The van der Waals surface area contributed by atoms with Crippen molar-refractivity contribution in [2.75, 3.05) is 5.73 Å². The molecule has 0 bridgehead atoms. The van der Waals surface area contributed by atoms with E-state index in [-0.39, 0.29) is 0 Å². The van der Waals surface area contributed by atoms with Crippen molar-refractivity contribution in [2.24, 2.45) is 0 Å². The van der Waals surface area contributed by atoms with Crippen molar-refractivity contribution in [3.63, 3.8) is 0 Å². The number of anilines is 1. The molecule has 3 nitrogen and oxygen atoms in total. The van der Waals surface area contributed by atoms with Crippen molar-refractivity contribution in [1.82, 2.24) is 4.98 Å². The highest BCUT2D eigenvalue weighted by molar-refractivity contribution is 7.16. The van der Waals surface area contributed by atoms with E-state index < -0.39 is 0 Å². The van der Waals surface area contributed by atoms with Gasteiger partial charge in [-0.3, -0.25) is 0 Å². The largest absolute Gasteiger partial charge is 0.436 e. The molecule has 4 heteroatoms. The Bertz CT molecular complexity index is 800. The predicted molar refractivity (Wildman–Crippen MR) is 83.1 cm³/mol. The lowest BCUT2D eigenvalue weighted by molar-refractivity contribution is 0.617. The molecule has 20 heavy (non-hydrogen) atoms. The summed E-state index contributed by atoms with van der Waals surface area (Å²) in [6, 6.07) is 6.02. The van der Waals surface area contributed by atoms with E-state index >= 15 is 0 Å². The van der Waals surface area contributed by atoms with Gasteiger partial charge in [0.05, 0.1) is 10.6 Å². The smallest absolute Gasteiger partial charge is 0.230 e. The number of benzene rings is 1. The quantitative estimate of drug-likeness (QED) is 0.723. The highest BCUT2D eigenvalue weighted by Gasteiger charge is 2.24. The number of rotatable bonds is 1. The molecule has 0 saturated carbocycles. The van der Waals surface area contributed by atoms with Crippen LogP contribution in [-0.4, -0.2) is 4.98 Å². The van der Waals surface area contributed by atoms with Gasteiger partial charge in [-0.05, 0) is 49.8 Å². The molecule has 2 aromatic heterocycles. The monoisotopic (exact) mass is 284 g/mol. The summed E-state index contributed by atoms with van der Waals surface area (Å²) in [5.74, 6) is 0.686. The molecule has 0 saturated heterocycles. The van der Waals surface area contributed by atoms with Crippen molar-refractivity contribution in [2.45, 2.75) is 32.6 Å². The van der Waals surface area contributed by atoms with Gasteiger partial charge < -0.3 is 10.2 Å². The van der Waals surface area contributed by atoms with E-state index in [4.69, 9.17) is 10.2 Å². The summed E-state index contributed by atoms with van der Waals surface area (Å²) >= 11 is 1.70. The van der Waals surface area contributed by atoms with Gasteiger partial charge in [0, 0.05) is 4.88 Å². The third-order valence-electron chi connectivity index (χ3n) is 4.03. The third kappa shape index (κ3) is 1.68. The van der Waals surface area contributed by atoms with E-state index in [0.717, 1.165) is 40.1 Å². The molecule has 0 radical (unpaired) electrons. The molecule has 2 heterocycles. The molecule has 0 spiro atoms. The number of aryl methyl sites for hydroxylation is 2. The lowest BCUT2D eigenvalue weighted by Crippen LogP contribution is -1.99. The first-order chi connectivity index (χ1) is 9.74. The number of hydrogen-bond acceptors (Lipinski definition) is 4. The fourth-order valence-corrected chi connectivity index (χ4v) is 4.17. The molecule has 0 fully saturated rings. The van der Waals surface area contributed by atoms with Crippen LogP contribution in [0, 0.1) is 6.92 Å². The number of nitrogens with zero attached hydrogens (tertiary/aromatic N) is 1. The molecule has 0 aliphatic heterocycles. The zero-order chi connectivity index (χ0) is 13.7. The molecular weight excluding hydrogens is 268 g/mol. The number of thiophene rings is 1. The molecule has 2 N–H and O–H groups in total.